The van der Waals surface area contributed by atoms with Gasteiger partial charge in [-0.05, 0) is 50.3 Å². The lowest BCUT2D eigenvalue weighted by atomic mass is 9.92. The van der Waals surface area contributed by atoms with Gasteiger partial charge >= 0.3 is 6.09 Å². The van der Waals surface area contributed by atoms with Crippen LogP contribution in [0.15, 0.2) is 30.9 Å². The maximum absolute atomic E-state index is 12.3. The third-order valence-electron chi connectivity index (χ3n) is 4.81. The van der Waals surface area contributed by atoms with E-state index in [1.807, 2.05) is 45.0 Å². The quantitative estimate of drug-likeness (QED) is 0.706. The summed E-state index contributed by atoms with van der Waals surface area (Å²) in [6.07, 6.45) is 1.73. The number of carbonyl (C=O) groups is 1. The van der Waals surface area contributed by atoms with Crippen LogP contribution in [0.4, 0.5) is 4.79 Å². The Morgan fingerprint density at radius 2 is 2.09 bits per heavy atom. The highest BCUT2D eigenvalue weighted by molar-refractivity contribution is 6.42. The van der Waals surface area contributed by atoms with Gasteiger partial charge < -0.3 is 9.64 Å². The van der Waals surface area contributed by atoms with Crippen molar-refractivity contribution in [3.8, 4) is 0 Å². The van der Waals surface area contributed by atoms with Crippen LogP contribution in [0.3, 0.4) is 0 Å². The average molecular weight is 354 g/mol. The Bertz CT molecular complexity index is 667. The molecule has 1 aliphatic carbocycles. The lowest BCUT2D eigenvalue weighted by molar-refractivity contribution is 0.0264. The largest absolute Gasteiger partial charge is 0.444 e. The Labute approximate surface area is 147 Å². The Hall–Kier alpha value is -1.19. The number of benzene rings is 1. The molecule has 23 heavy (non-hydrogen) atoms. The predicted octanol–water partition coefficient (Wildman–Crippen LogP) is 4.91. The molecule has 0 aromatic heterocycles. The van der Waals surface area contributed by atoms with Crippen molar-refractivity contribution in [2.75, 3.05) is 13.1 Å². The van der Waals surface area contributed by atoms with Gasteiger partial charge in [0.05, 0.1) is 10.0 Å². The van der Waals surface area contributed by atoms with Gasteiger partial charge in [-0.2, -0.15) is 0 Å². The number of allylic oxidation sites excluding steroid dienone is 1. The molecule has 1 aliphatic heterocycles. The minimum Gasteiger partial charge on any atom is -0.444 e. The molecule has 0 N–H and O–H groups in total. The second-order valence-corrected chi connectivity index (χ2v) is 8.21. The van der Waals surface area contributed by atoms with Crippen LogP contribution in [0.25, 0.3) is 0 Å². The first-order chi connectivity index (χ1) is 10.7. The number of nitrogens with zero attached hydrogens (tertiary/aromatic N) is 1. The van der Waals surface area contributed by atoms with E-state index in [4.69, 9.17) is 27.9 Å². The molecule has 3 rings (SSSR count). The van der Waals surface area contributed by atoms with E-state index >= 15 is 0 Å². The Balaban J connectivity index is 1.85. The molecule has 2 aliphatic rings. The molecule has 1 aromatic rings. The Kier molecular flexibility index (Phi) is 3.93. The Morgan fingerprint density at radius 3 is 2.65 bits per heavy atom. The van der Waals surface area contributed by atoms with E-state index in [9.17, 15) is 4.79 Å². The maximum atomic E-state index is 12.3. The number of fused-ring (bicyclic) bond motifs is 1. The molecule has 2 fully saturated rings. The molecule has 124 valence electrons. The summed E-state index contributed by atoms with van der Waals surface area (Å²) in [7, 11) is 0. The van der Waals surface area contributed by atoms with Crippen molar-refractivity contribution in [1.29, 1.82) is 0 Å². The molecule has 1 saturated carbocycles. The van der Waals surface area contributed by atoms with Crippen molar-refractivity contribution in [2.45, 2.75) is 31.8 Å². The number of amides is 1. The lowest BCUT2D eigenvalue weighted by Crippen LogP contribution is -2.38. The SMILES string of the molecule is C=C[C@H]1[C@@H]2CN(C(=O)OC(C)(C)C)C[C@]12c1ccc(Cl)c(Cl)c1. The normalized spacial score (nSPS) is 29.2. The zero-order chi connectivity index (χ0) is 17.0. The summed E-state index contributed by atoms with van der Waals surface area (Å²) in [5, 5.41) is 1.09. The fraction of sp³-hybridized carbons (Fsp3) is 0.500. The van der Waals surface area contributed by atoms with Crippen LogP contribution < -0.4 is 0 Å². The van der Waals surface area contributed by atoms with Gasteiger partial charge in [0.15, 0.2) is 0 Å². The molecule has 0 bridgehead atoms. The van der Waals surface area contributed by atoms with Gasteiger partial charge in [0.2, 0.25) is 0 Å². The molecule has 1 amide bonds. The van der Waals surface area contributed by atoms with E-state index in [1.165, 1.54) is 0 Å². The summed E-state index contributed by atoms with van der Waals surface area (Å²) in [5.41, 5.74) is 0.526. The molecule has 1 saturated heterocycles. The lowest BCUT2D eigenvalue weighted by Gasteiger charge is -2.27. The molecular weight excluding hydrogens is 333 g/mol. The summed E-state index contributed by atoms with van der Waals surface area (Å²) >= 11 is 12.2. The first kappa shape index (κ1) is 16.7. The van der Waals surface area contributed by atoms with E-state index < -0.39 is 5.60 Å². The summed E-state index contributed by atoms with van der Waals surface area (Å²) in [4.78, 5) is 14.1. The molecule has 3 atom stereocenters. The fourth-order valence-electron chi connectivity index (χ4n) is 3.79. The summed E-state index contributed by atoms with van der Waals surface area (Å²) < 4.78 is 5.50. The van der Waals surface area contributed by atoms with E-state index in [-0.39, 0.29) is 11.5 Å². The van der Waals surface area contributed by atoms with Crippen LogP contribution in [0.1, 0.15) is 26.3 Å². The van der Waals surface area contributed by atoms with Crippen molar-refractivity contribution >= 4 is 29.3 Å². The number of hydrogen-bond donors (Lipinski definition) is 0. The number of hydrogen-bond acceptors (Lipinski definition) is 2. The summed E-state index contributed by atoms with van der Waals surface area (Å²) in [6.45, 7) is 10.9. The monoisotopic (exact) mass is 353 g/mol. The number of carbonyl (C=O) groups excluding carboxylic acids is 1. The van der Waals surface area contributed by atoms with E-state index in [0.717, 1.165) is 5.56 Å². The molecule has 0 spiro atoms. The van der Waals surface area contributed by atoms with Gasteiger partial charge in [0.1, 0.15) is 5.60 Å². The van der Waals surface area contributed by atoms with E-state index in [2.05, 4.69) is 6.58 Å². The van der Waals surface area contributed by atoms with Gasteiger partial charge in [-0.15, -0.1) is 6.58 Å². The third-order valence-corrected chi connectivity index (χ3v) is 5.55. The molecular formula is C18H21Cl2NO2. The van der Waals surface area contributed by atoms with Crippen LogP contribution in [0, 0.1) is 11.8 Å². The zero-order valence-corrected chi connectivity index (χ0v) is 15.1. The topological polar surface area (TPSA) is 29.5 Å². The van der Waals surface area contributed by atoms with E-state index in [0.29, 0.717) is 35.0 Å². The van der Waals surface area contributed by atoms with Gasteiger partial charge in [-0.25, -0.2) is 4.79 Å². The number of halogens is 2. The molecule has 1 aromatic carbocycles. The molecule has 1 heterocycles. The number of piperidine rings is 1. The standard InChI is InChI=1S/C18H21Cl2NO2/c1-5-12-13-9-21(16(22)23-17(2,3)4)10-18(12,13)11-6-7-14(19)15(20)8-11/h5-8,12-13H,1,9-10H2,2-4H3/t12-,13-,18-/m0/s1. The molecule has 5 heteroatoms. The molecule has 0 radical (unpaired) electrons. The minimum absolute atomic E-state index is 0.104. The van der Waals surface area contributed by atoms with Gasteiger partial charge in [0.25, 0.3) is 0 Å². The first-order valence-corrected chi connectivity index (χ1v) is 8.50. The van der Waals surface area contributed by atoms with E-state index in [1.54, 1.807) is 4.90 Å². The maximum Gasteiger partial charge on any atom is 0.410 e. The van der Waals surface area contributed by atoms with Gasteiger partial charge in [0, 0.05) is 18.5 Å². The Morgan fingerprint density at radius 1 is 1.39 bits per heavy atom. The first-order valence-electron chi connectivity index (χ1n) is 7.75. The number of rotatable bonds is 2. The highest BCUT2D eigenvalue weighted by Gasteiger charge is 2.69. The van der Waals surface area contributed by atoms with Crippen LogP contribution in [-0.4, -0.2) is 29.7 Å². The van der Waals surface area contributed by atoms with Crippen LogP contribution in [0.2, 0.25) is 10.0 Å². The smallest absolute Gasteiger partial charge is 0.410 e. The summed E-state index contributed by atoms with van der Waals surface area (Å²) in [6, 6.07) is 5.74. The van der Waals surface area contributed by atoms with Crippen LogP contribution >= 0.6 is 23.2 Å². The molecule has 0 unspecified atom stereocenters. The van der Waals surface area contributed by atoms with Crippen molar-refractivity contribution in [3.05, 3.63) is 46.5 Å². The van der Waals surface area contributed by atoms with Crippen molar-refractivity contribution in [2.24, 2.45) is 11.8 Å². The number of ether oxygens (including phenoxy) is 1. The van der Waals surface area contributed by atoms with Crippen molar-refractivity contribution in [1.82, 2.24) is 4.90 Å². The van der Waals surface area contributed by atoms with Crippen LogP contribution in [-0.2, 0) is 10.2 Å². The van der Waals surface area contributed by atoms with Gasteiger partial charge in [-0.1, -0.05) is 35.3 Å². The van der Waals surface area contributed by atoms with Gasteiger partial charge in [-0.3, -0.25) is 0 Å². The summed E-state index contributed by atoms with van der Waals surface area (Å²) in [5.74, 6) is 0.725. The average Bonchev–Trinajstić information content (AvgIpc) is 2.87. The van der Waals surface area contributed by atoms with Crippen molar-refractivity contribution < 1.29 is 9.53 Å². The minimum atomic E-state index is -0.488. The number of likely N-dealkylation sites (tertiary alicyclic amines) is 1. The highest BCUT2D eigenvalue weighted by Crippen LogP contribution is 2.65. The van der Waals surface area contributed by atoms with Crippen molar-refractivity contribution in [3.63, 3.8) is 0 Å². The second-order valence-electron chi connectivity index (χ2n) is 7.40. The molecule has 3 nitrogen and oxygen atoms in total. The third kappa shape index (κ3) is 2.74. The van der Waals surface area contributed by atoms with Crippen LogP contribution in [0.5, 0.6) is 0 Å². The zero-order valence-electron chi connectivity index (χ0n) is 13.6. The highest BCUT2D eigenvalue weighted by atomic mass is 35.5. The second kappa shape index (κ2) is 5.42. The predicted molar refractivity (Wildman–Crippen MR) is 93.1 cm³/mol. The fourth-order valence-corrected chi connectivity index (χ4v) is 4.09.